The van der Waals surface area contributed by atoms with Gasteiger partial charge in [-0.1, -0.05) is 62.1 Å². The summed E-state index contributed by atoms with van der Waals surface area (Å²) in [5.74, 6) is 0. The minimum absolute atomic E-state index is 0. The first-order valence-electron chi connectivity index (χ1n) is 6.73. The van der Waals surface area contributed by atoms with Crippen LogP contribution in [-0.4, -0.2) is 8.07 Å². The van der Waals surface area contributed by atoms with Crippen molar-refractivity contribution < 1.29 is 18.6 Å². The molecular formula is C18H21SiV-. The second kappa shape index (κ2) is 7.59. The maximum absolute atomic E-state index is 2.39. The SMILES string of the molecule is C[Si](C)(C)c1cc2ccccc2[cH-]1.[V].c1ccccc1. The summed E-state index contributed by atoms with van der Waals surface area (Å²) < 4.78 is 0. The van der Waals surface area contributed by atoms with E-state index in [4.69, 9.17) is 0 Å². The number of benzene rings is 2. The van der Waals surface area contributed by atoms with Gasteiger partial charge >= 0.3 is 0 Å². The van der Waals surface area contributed by atoms with E-state index in [0.717, 1.165) is 0 Å². The molecule has 1 radical (unpaired) electrons. The Kier molecular flexibility index (Phi) is 6.41. The quantitative estimate of drug-likeness (QED) is 0.447. The average Bonchev–Trinajstić information content (AvgIpc) is 2.85. The Morgan fingerprint density at radius 1 is 0.750 bits per heavy atom. The van der Waals surface area contributed by atoms with Crippen molar-refractivity contribution in [2.75, 3.05) is 0 Å². The topological polar surface area (TPSA) is 0 Å². The zero-order chi connectivity index (χ0) is 13.7. The Hall–Kier alpha value is -1.15. The molecule has 0 saturated heterocycles. The normalized spacial score (nSPS) is 10.3. The van der Waals surface area contributed by atoms with Crippen LogP contribution >= 0.6 is 0 Å². The van der Waals surface area contributed by atoms with E-state index in [1.807, 2.05) is 36.4 Å². The van der Waals surface area contributed by atoms with Crippen molar-refractivity contribution in [2.45, 2.75) is 19.6 Å². The summed E-state index contributed by atoms with van der Waals surface area (Å²) >= 11 is 0. The molecule has 0 bridgehead atoms. The molecule has 0 atom stereocenters. The molecule has 0 heterocycles. The second-order valence-electron chi connectivity index (χ2n) is 5.78. The molecule has 3 aromatic rings. The van der Waals surface area contributed by atoms with E-state index in [-0.39, 0.29) is 18.6 Å². The van der Waals surface area contributed by atoms with Gasteiger partial charge in [-0.3, -0.25) is 0 Å². The maximum atomic E-state index is 2.39. The van der Waals surface area contributed by atoms with Gasteiger partial charge in [-0.2, -0.15) is 11.5 Å². The van der Waals surface area contributed by atoms with E-state index in [1.165, 1.54) is 10.8 Å². The van der Waals surface area contributed by atoms with Gasteiger partial charge in [-0.15, -0.1) is 34.8 Å². The number of fused-ring (bicyclic) bond motifs is 1. The van der Waals surface area contributed by atoms with Gasteiger partial charge in [0.05, 0.1) is 8.07 Å². The van der Waals surface area contributed by atoms with Crippen molar-refractivity contribution in [1.82, 2.24) is 0 Å². The van der Waals surface area contributed by atoms with E-state index in [2.05, 4.69) is 56.0 Å². The van der Waals surface area contributed by atoms with Crippen LogP contribution in [0.2, 0.25) is 19.6 Å². The molecule has 0 saturated carbocycles. The predicted molar refractivity (Wildman–Crippen MR) is 89.0 cm³/mol. The summed E-state index contributed by atoms with van der Waals surface area (Å²) in [5.41, 5.74) is 0. The summed E-state index contributed by atoms with van der Waals surface area (Å²) in [4.78, 5) is 0. The zero-order valence-electron chi connectivity index (χ0n) is 12.4. The Bertz CT molecular complexity index is 561. The fourth-order valence-corrected chi connectivity index (χ4v) is 3.15. The molecule has 0 spiro atoms. The van der Waals surface area contributed by atoms with E-state index in [1.54, 1.807) is 5.19 Å². The van der Waals surface area contributed by atoms with Crippen LogP contribution in [0.15, 0.2) is 72.8 Å². The van der Waals surface area contributed by atoms with Gasteiger partial charge in [0.25, 0.3) is 0 Å². The molecular weight excluding hydrogens is 295 g/mol. The van der Waals surface area contributed by atoms with Crippen LogP contribution in [0.4, 0.5) is 0 Å². The number of hydrogen-bond donors (Lipinski definition) is 0. The smallest absolute Gasteiger partial charge is 0.0564 e. The Labute approximate surface area is 135 Å². The number of hydrogen-bond acceptors (Lipinski definition) is 0. The van der Waals surface area contributed by atoms with E-state index < -0.39 is 8.07 Å². The van der Waals surface area contributed by atoms with Gasteiger partial charge in [0.2, 0.25) is 0 Å². The largest absolute Gasteiger partial charge is 0.169 e. The Balaban J connectivity index is 0.000000243. The zero-order valence-corrected chi connectivity index (χ0v) is 14.8. The molecule has 2 heteroatoms. The monoisotopic (exact) mass is 316 g/mol. The van der Waals surface area contributed by atoms with Crippen LogP contribution in [0, 0.1) is 0 Å². The molecule has 20 heavy (non-hydrogen) atoms. The molecule has 103 valence electrons. The summed E-state index contributed by atoms with van der Waals surface area (Å²) in [7, 11) is -1.12. The van der Waals surface area contributed by atoms with E-state index in [9.17, 15) is 0 Å². The third-order valence-corrected chi connectivity index (χ3v) is 5.17. The minimum Gasteiger partial charge on any atom is -0.169 e. The molecule has 0 N–H and O–H groups in total. The van der Waals surface area contributed by atoms with Crippen LogP contribution in [-0.2, 0) is 18.6 Å². The van der Waals surface area contributed by atoms with Gasteiger partial charge in [0, 0.05) is 18.6 Å². The Morgan fingerprint density at radius 3 is 1.70 bits per heavy atom. The second-order valence-corrected chi connectivity index (χ2v) is 10.9. The molecule has 0 aliphatic carbocycles. The van der Waals surface area contributed by atoms with Crippen LogP contribution in [0.3, 0.4) is 0 Å². The summed E-state index contributed by atoms with van der Waals surface area (Å²) in [6.45, 7) is 7.17. The third kappa shape index (κ3) is 4.75. The van der Waals surface area contributed by atoms with Gasteiger partial charge in [0.15, 0.2) is 0 Å². The molecule has 0 fully saturated rings. The van der Waals surface area contributed by atoms with Crippen molar-refractivity contribution in [3.05, 3.63) is 72.8 Å². The first-order valence-corrected chi connectivity index (χ1v) is 10.2. The van der Waals surface area contributed by atoms with Crippen molar-refractivity contribution >= 4 is 24.0 Å². The van der Waals surface area contributed by atoms with Crippen LogP contribution in [0.25, 0.3) is 10.8 Å². The summed E-state index contributed by atoms with van der Waals surface area (Å²) in [6.07, 6.45) is 0. The van der Waals surface area contributed by atoms with Crippen molar-refractivity contribution in [1.29, 1.82) is 0 Å². The average molecular weight is 316 g/mol. The molecule has 0 aliphatic rings. The van der Waals surface area contributed by atoms with Gasteiger partial charge < -0.3 is 0 Å². The van der Waals surface area contributed by atoms with Crippen molar-refractivity contribution in [3.8, 4) is 0 Å². The molecule has 0 nitrogen and oxygen atoms in total. The van der Waals surface area contributed by atoms with Crippen LogP contribution in [0.5, 0.6) is 0 Å². The fraction of sp³-hybridized carbons (Fsp3) is 0.167. The van der Waals surface area contributed by atoms with Gasteiger partial charge in [-0.25, -0.2) is 0 Å². The minimum atomic E-state index is -1.12. The van der Waals surface area contributed by atoms with Crippen molar-refractivity contribution in [2.24, 2.45) is 0 Å². The standard InChI is InChI=1S/C12H15Si.C6H6.V/c1-13(2,3)12-8-10-6-4-5-7-11(10)9-12;1-2-4-6-5-3-1;/h4-9H,1-3H3;1-6H;/q-1;;. The molecule has 3 aromatic carbocycles. The molecule has 0 aromatic heterocycles. The van der Waals surface area contributed by atoms with E-state index in [0.29, 0.717) is 0 Å². The summed E-state index contributed by atoms with van der Waals surface area (Å²) in [5, 5.41) is 4.34. The summed E-state index contributed by atoms with van der Waals surface area (Å²) in [6, 6.07) is 25.3. The predicted octanol–water partition coefficient (Wildman–Crippen LogP) is 4.79. The first-order chi connectivity index (χ1) is 9.07. The Morgan fingerprint density at radius 2 is 1.25 bits per heavy atom. The number of rotatable bonds is 1. The molecule has 0 unspecified atom stereocenters. The van der Waals surface area contributed by atoms with Crippen molar-refractivity contribution in [3.63, 3.8) is 0 Å². The molecule has 0 aliphatic heterocycles. The first kappa shape index (κ1) is 16.9. The molecule has 3 rings (SSSR count). The van der Waals surface area contributed by atoms with E-state index >= 15 is 0 Å². The maximum Gasteiger partial charge on any atom is 0.0564 e. The van der Waals surface area contributed by atoms with Crippen LogP contribution < -0.4 is 5.19 Å². The molecule has 0 amide bonds. The third-order valence-electron chi connectivity index (χ3n) is 3.15. The van der Waals surface area contributed by atoms with Gasteiger partial charge in [0.1, 0.15) is 0 Å². The van der Waals surface area contributed by atoms with Gasteiger partial charge in [-0.05, 0) is 0 Å². The van der Waals surface area contributed by atoms with Crippen LogP contribution in [0.1, 0.15) is 0 Å². The fourth-order valence-electron chi connectivity index (χ4n) is 1.97.